The number of hydrogen-bond donors (Lipinski definition) is 0. The van der Waals surface area contributed by atoms with E-state index in [0.717, 1.165) is 44.0 Å². The fraction of sp³-hybridized carbons (Fsp3) is 0.469. The highest BCUT2D eigenvalue weighted by Gasteiger charge is 2.19. The lowest BCUT2D eigenvalue weighted by Gasteiger charge is -2.30. The second kappa shape index (κ2) is 12.3. The van der Waals surface area contributed by atoms with Crippen molar-refractivity contribution in [2.75, 3.05) is 13.1 Å². The SMILES string of the molecule is CCc1cccc(CC)c1-c1ccc(CN(CCc2ccccc2)CC2CCCCC2)c(C)n1. The van der Waals surface area contributed by atoms with Crippen molar-refractivity contribution in [3.63, 3.8) is 0 Å². The van der Waals surface area contributed by atoms with Crippen molar-refractivity contribution in [3.05, 3.63) is 88.6 Å². The first-order valence-corrected chi connectivity index (χ1v) is 13.5. The monoisotopic (exact) mass is 454 g/mol. The number of benzene rings is 2. The summed E-state index contributed by atoms with van der Waals surface area (Å²) in [5, 5.41) is 0. The molecule has 0 bridgehead atoms. The van der Waals surface area contributed by atoms with Gasteiger partial charge >= 0.3 is 0 Å². The van der Waals surface area contributed by atoms with Gasteiger partial charge in [-0.1, -0.05) is 87.7 Å². The summed E-state index contributed by atoms with van der Waals surface area (Å²) in [5.41, 5.74) is 9.29. The number of hydrogen-bond acceptors (Lipinski definition) is 2. The molecule has 0 spiro atoms. The number of aromatic nitrogens is 1. The summed E-state index contributed by atoms with van der Waals surface area (Å²) in [7, 11) is 0. The third-order valence-corrected chi connectivity index (χ3v) is 7.64. The molecule has 180 valence electrons. The van der Waals surface area contributed by atoms with Crippen LogP contribution in [0.1, 0.15) is 73.9 Å². The largest absolute Gasteiger partial charge is 0.298 e. The Balaban J connectivity index is 1.53. The van der Waals surface area contributed by atoms with Crippen LogP contribution in [0.4, 0.5) is 0 Å². The summed E-state index contributed by atoms with van der Waals surface area (Å²) < 4.78 is 0. The molecule has 1 aliphatic rings. The molecule has 4 rings (SSSR count). The third-order valence-electron chi connectivity index (χ3n) is 7.64. The number of pyridine rings is 1. The summed E-state index contributed by atoms with van der Waals surface area (Å²) in [6, 6.07) is 22.3. The molecule has 1 saturated carbocycles. The van der Waals surface area contributed by atoms with Gasteiger partial charge < -0.3 is 0 Å². The van der Waals surface area contributed by atoms with E-state index in [9.17, 15) is 0 Å². The van der Waals surface area contributed by atoms with E-state index in [1.54, 1.807) is 0 Å². The molecule has 0 aliphatic heterocycles. The van der Waals surface area contributed by atoms with Crippen molar-refractivity contribution in [3.8, 4) is 11.3 Å². The minimum atomic E-state index is 0.848. The average molecular weight is 455 g/mol. The van der Waals surface area contributed by atoms with Gasteiger partial charge in [-0.25, -0.2) is 0 Å². The third kappa shape index (κ3) is 6.36. The van der Waals surface area contributed by atoms with Crippen LogP contribution in [0.2, 0.25) is 0 Å². The quantitative estimate of drug-likeness (QED) is 0.310. The van der Waals surface area contributed by atoms with Crippen LogP contribution >= 0.6 is 0 Å². The second-order valence-electron chi connectivity index (χ2n) is 10.1. The molecular formula is C32H42N2. The Morgan fingerprint density at radius 3 is 2.15 bits per heavy atom. The average Bonchev–Trinajstić information content (AvgIpc) is 2.89. The van der Waals surface area contributed by atoms with E-state index in [0.29, 0.717) is 0 Å². The van der Waals surface area contributed by atoms with Gasteiger partial charge in [0.05, 0.1) is 5.69 Å². The van der Waals surface area contributed by atoms with Gasteiger partial charge in [-0.15, -0.1) is 0 Å². The molecule has 2 aromatic carbocycles. The molecule has 1 aliphatic carbocycles. The van der Waals surface area contributed by atoms with Crippen LogP contribution in [0.15, 0.2) is 60.7 Å². The molecule has 0 unspecified atom stereocenters. The van der Waals surface area contributed by atoms with Crippen molar-refractivity contribution in [2.24, 2.45) is 5.92 Å². The van der Waals surface area contributed by atoms with E-state index in [1.807, 2.05) is 0 Å². The van der Waals surface area contributed by atoms with Crippen molar-refractivity contribution < 1.29 is 0 Å². The maximum atomic E-state index is 5.15. The summed E-state index contributed by atoms with van der Waals surface area (Å²) in [5.74, 6) is 0.848. The lowest BCUT2D eigenvalue weighted by Crippen LogP contribution is -2.32. The molecule has 0 amide bonds. The van der Waals surface area contributed by atoms with Gasteiger partial charge in [0, 0.05) is 30.9 Å². The van der Waals surface area contributed by atoms with Gasteiger partial charge in [0.15, 0.2) is 0 Å². The Morgan fingerprint density at radius 2 is 1.50 bits per heavy atom. The van der Waals surface area contributed by atoms with E-state index >= 15 is 0 Å². The molecule has 1 aromatic heterocycles. The smallest absolute Gasteiger partial charge is 0.0710 e. The molecule has 1 fully saturated rings. The summed E-state index contributed by atoms with van der Waals surface area (Å²) >= 11 is 0. The lowest BCUT2D eigenvalue weighted by atomic mass is 9.88. The first kappa shape index (κ1) is 24.7. The number of rotatable bonds is 10. The molecule has 1 heterocycles. The highest BCUT2D eigenvalue weighted by atomic mass is 15.1. The topological polar surface area (TPSA) is 16.1 Å². The maximum absolute atomic E-state index is 5.15. The van der Waals surface area contributed by atoms with Crippen LogP contribution in [-0.4, -0.2) is 23.0 Å². The van der Waals surface area contributed by atoms with Crippen molar-refractivity contribution in [1.29, 1.82) is 0 Å². The van der Waals surface area contributed by atoms with Gasteiger partial charge in [-0.2, -0.15) is 0 Å². The minimum absolute atomic E-state index is 0.848. The van der Waals surface area contributed by atoms with E-state index < -0.39 is 0 Å². The summed E-state index contributed by atoms with van der Waals surface area (Å²) in [4.78, 5) is 7.85. The van der Waals surface area contributed by atoms with Crippen LogP contribution < -0.4 is 0 Å². The van der Waals surface area contributed by atoms with Crippen LogP contribution in [0.3, 0.4) is 0 Å². The zero-order valence-corrected chi connectivity index (χ0v) is 21.5. The Kier molecular flexibility index (Phi) is 8.93. The van der Waals surface area contributed by atoms with Crippen LogP contribution in [0, 0.1) is 12.8 Å². The number of aryl methyl sites for hydroxylation is 3. The fourth-order valence-corrected chi connectivity index (χ4v) is 5.61. The zero-order chi connectivity index (χ0) is 23.8. The Bertz CT molecular complexity index is 1010. The van der Waals surface area contributed by atoms with Gasteiger partial charge in [0.25, 0.3) is 0 Å². The van der Waals surface area contributed by atoms with Crippen LogP contribution in [0.5, 0.6) is 0 Å². The van der Waals surface area contributed by atoms with Gasteiger partial charge in [-0.05, 0) is 73.3 Å². The normalized spacial score (nSPS) is 14.6. The standard InChI is InChI=1S/C32H42N2/c1-4-28-17-12-18-29(5-2)32(28)31-20-19-30(25(3)33-31)24-34(23-27-15-10-7-11-16-27)22-21-26-13-8-6-9-14-26/h6,8-9,12-14,17-20,27H,4-5,7,10-11,15-16,21-24H2,1-3H3. The van der Waals surface area contributed by atoms with Crippen LogP contribution in [0.25, 0.3) is 11.3 Å². The molecular weight excluding hydrogens is 412 g/mol. The van der Waals surface area contributed by atoms with E-state index in [4.69, 9.17) is 4.98 Å². The first-order valence-electron chi connectivity index (χ1n) is 13.5. The number of nitrogens with zero attached hydrogens (tertiary/aromatic N) is 2. The zero-order valence-electron chi connectivity index (χ0n) is 21.5. The molecule has 0 atom stereocenters. The summed E-state index contributed by atoms with van der Waals surface area (Å²) in [6.07, 6.45) is 10.2. The fourth-order valence-electron chi connectivity index (χ4n) is 5.61. The Morgan fingerprint density at radius 1 is 0.794 bits per heavy atom. The molecule has 0 saturated heterocycles. The Labute approximate surface area is 207 Å². The molecule has 34 heavy (non-hydrogen) atoms. The summed E-state index contributed by atoms with van der Waals surface area (Å²) in [6.45, 7) is 10.0. The highest BCUT2D eigenvalue weighted by Crippen LogP contribution is 2.29. The predicted octanol–water partition coefficient (Wildman–Crippen LogP) is 7.81. The maximum Gasteiger partial charge on any atom is 0.0710 e. The molecule has 0 radical (unpaired) electrons. The molecule has 0 N–H and O–H groups in total. The van der Waals surface area contributed by atoms with Crippen molar-refractivity contribution in [2.45, 2.75) is 78.7 Å². The van der Waals surface area contributed by atoms with E-state index in [-0.39, 0.29) is 0 Å². The first-order chi connectivity index (χ1) is 16.7. The second-order valence-corrected chi connectivity index (χ2v) is 10.1. The van der Waals surface area contributed by atoms with E-state index in [2.05, 4.69) is 86.3 Å². The molecule has 3 aromatic rings. The van der Waals surface area contributed by atoms with Gasteiger partial charge in [0.2, 0.25) is 0 Å². The molecule has 2 heteroatoms. The van der Waals surface area contributed by atoms with Crippen LogP contribution in [-0.2, 0) is 25.8 Å². The van der Waals surface area contributed by atoms with Gasteiger partial charge in [0.1, 0.15) is 0 Å². The minimum Gasteiger partial charge on any atom is -0.298 e. The predicted molar refractivity (Wildman–Crippen MR) is 145 cm³/mol. The molecule has 2 nitrogen and oxygen atoms in total. The highest BCUT2D eigenvalue weighted by molar-refractivity contribution is 5.68. The van der Waals surface area contributed by atoms with Gasteiger partial charge in [-0.3, -0.25) is 9.88 Å². The van der Waals surface area contributed by atoms with Crippen molar-refractivity contribution >= 4 is 0 Å². The lowest BCUT2D eigenvalue weighted by molar-refractivity contribution is 0.195. The van der Waals surface area contributed by atoms with E-state index in [1.165, 1.54) is 72.2 Å². The Hall–Kier alpha value is -2.45. The van der Waals surface area contributed by atoms with Crippen molar-refractivity contribution in [1.82, 2.24) is 9.88 Å².